The number of benzene rings is 2. The monoisotopic (exact) mass is 377 g/mol. The lowest BCUT2D eigenvalue weighted by atomic mass is 10.1. The zero-order valence-electron chi connectivity index (χ0n) is 13.5. The number of fused-ring (bicyclic) bond motifs is 1. The van der Waals surface area contributed by atoms with Crippen molar-refractivity contribution in [1.82, 2.24) is 20.4 Å². The van der Waals surface area contributed by atoms with E-state index in [1.54, 1.807) is 6.07 Å². The van der Waals surface area contributed by atoms with E-state index in [4.69, 9.17) is 4.42 Å². The number of nitrogens with zero attached hydrogens (tertiary/aromatic N) is 3. The molecule has 10 heteroatoms. The van der Waals surface area contributed by atoms with Gasteiger partial charge in [0.2, 0.25) is 0 Å². The normalized spacial score (nSPS) is 11.9. The summed E-state index contributed by atoms with van der Waals surface area (Å²) < 4.78 is 58.1. The highest BCUT2D eigenvalue weighted by molar-refractivity contribution is 5.83. The van der Waals surface area contributed by atoms with Gasteiger partial charge in [-0.3, -0.25) is 5.10 Å². The minimum atomic E-state index is -4.42. The van der Waals surface area contributed by atoms with Crippen molar-refractivity contribution >= 4 is 16.9 Å². The molecule has 4 aromatic rings. The Labute approximate surface area is 149 Å². The van der Waals surface area contributed by atoms with E-state index in [9.17, 15) is 17.6 Å². The highest BCUT2D eigenvalue weighted by Crippen LogP contribution is 2.30. The number of anilines is 1. The van der Waals surface area contributed by atoms with Crippen molar-refractivity contribution in [3.05, 3.63) is 59.5 Å². The first-order chi connectivity index (χ1) is 12.9. The quantitative estimate of drug-likeness (QED) is 0.516. The standard InChI is InChI=1S/C17H11F4N5O/c18-14-11(4-5-13-12(14)8-23-24-13)15-25-26-16(27-15)22-7-9-2-1-3-10(6-9)17(19,20)21/h1-6,8H,7H2,(H,22,26)(H,23,24). The summed E-state index contributed by atoms with van der Waals surface area (Å²) in [5.41, 5.74) is 0.265. The summed E-state index contributed by atoms with van der Waals surface area (Å²) in [7, 11) is 0. The van der Waals surface area contributed by atoms with Crippen LogP contribution in [-0.4, -0.2) is 20.4 Å². The number of aromatic nitrogens is 4. The molecule has 27 heavy (non-hydrogen) atoms. The molecule has 0 unspecified atom stereocenters. The average molecular weight is 377 g/mol. The second-order valence-electron chi connectivity index (χ2n) is 5.72. The lowest BCUT2D eigenvalue weighted by Crippen LogP contribution is -2.06. The molecule has 2 aromatic carbocycles. The largest absolute Gasteiger partial charge is 0.416 e. The zero-order chi connectivity index (χ0) is 19.0. The van der Waals surface area contributed by atoms with E-state index < -0.39 is 17.6 Å². The first-order valence-electron chi connectivity index (χ1n) is 7.77. The van der Waals surface area contributed by atoms with Gasteiger partial charge in [0.05, 0.1) is 28.2 Å². The third kappa shape index (κ3) is 3.33. The maximum atomic E-state index is 14.5. The smallest absolute Gasteiger partial charge is 0.403 e. The van der Waals surface area contributed by atoms with Crippen LogP contribution in [0.3, 0.4) is 0 Å². The van der Waals surface area contributed by atoms with Crippen LogP contribution in [0.5, 0.6) is 0 Å². The number of rotatable bonds is 4. The maximum absolute atomic E-state index is 14.5. The van der Waals surface area contributed by atoms with Crippen molar-refractivity contribution in [2.45, 2.75) is 12.7 Å². The lowest BCUT2D eigenvalue weighted by molar-refractivity contribution is -0.137. The first-order valence-corrected chi connectivity index (χ1v) is 7.77. The van der Waals surface area contributed by atoms with Crippen LogP contribution in [-0.2, 0) is 12.7 Å². The first kappa shape index (κ1) is 17.0. The minimum absolute atomic E-state index is 0.0332. The molecular weight excluding hydrogens is 366 g/mol. The molecule has 0 fully saturated rings. The molecule has 0 aliphatic carbocycles. The molecule has 0 radical (unpaired) electrons. The van der Waals surface area contributed by atoms with E-state index in [0.717, 1.165) is 12.1 Å². The predicted octanol–water partition coefficient (Wildman–Crippen LogP) is 4.38. The van der Waals surface area contributed by atoms with Crippen LogP contribution in [0.1, 0.15) is 11.1 Å². The molecule has 0 saturated heterocycles. The third-order valence-electron chi connectivity index (χ3n) is 3.91. The molecule has 4 rings (SSSR count). The fourth-order valence-electron chi connectivity index (χ4n) is 2.59. The predicted molar refractivity (Wildman–Crippen MR) is 88.1 cm³/mol. The number of hydrogen-bond donors (Lipinski definition) is 2. The molecule has 138 valence electrons. The van der Waals surface area contributed by atoms with Crippen LogP contribution in [0.15, 0.2) is 47.0 Å². The molecule has 2 aromatic heterocycles. The number of H-pyrrole nitrogens is 1. The summed E-state index contributed by atoms with van der Waals surface area (Å²) in [5, 5.41) is 17.0. The van der Waals surface area contributed by atoms with Gasteiger partial charge in [-0.05, 0) is 29.8 Å². The Morgan fingerprint density at radius 1 is 1.11 bits per heavy atom. The van der Waals surface area contributed by atoms with E-state index in [-0.39, 0.29) is 29.4 Å². The fourth-order valence-corrected chi connectivity index (χ4v) is 2.59. The number of halogens is 4. The highest BCUT2D eigenvalue weighted by Gasteiger charge is 2.30. The summed E-state index contributed by atoms with van der Waals surface area (Å²) in [4.78, 5) is 0. The molecular formula is C17H11F4N5O. The van der Waals surface area contributed by atoms with Gasteiger partial charge in [0.15, 0.2) is 0 Å². The second kappa shape index (κ2) is 6.38. The van der Waals surface area contributed by atoms with Gasteiger partial charge in [-0.2, -0.15) is 18.3 Å². The van der Waals surface area contributed by atoms with Crippen molar-refractivity contribution in [2.24, 2.45) is 0 Å². The fraction of sp³-hybridized carbons (Fsp3) is 0.118. The molecule has 0 atom stereocenters. The van der Waals surface area contributed by atoms with Crippen molar-refractivity contribution < 1.29 is 22.0 Å². The molecule has 6 nitrogen and oxygen atoms in total. The Morgan fingerprint density at radius 3 is 2.78 bits per heavy atom. The van der Waals surface area contributed by atoms with E-state index >= 15 is 0 Å². The van der Waals surface area contributed by atoms with Crippen molar-refractivity contribution in [3.8, 4) is 11.5 Å². The van der Waals surface area contributed by atoms with Gasteiger partial charge in [0, 0.05) is 6.54 Å². The lowest BCUT2D eigenvalue weighted by Gasteiger charge is -2.08. The summed E-state index contributed by atoms with van der Waals surface area (Å²) in [6.45, 7) is 0.0365. The third-order valence-corrected chi connectivity index (χ3v) is 3.91. The van der Waals surface area contributed by atoms with Gasteiger partial charge in [0.25, 0.3) is 5.89 Å². The Balaban J connectivity index is 1.52. The van der Waals surface area contributed by atoms with E-state index in [2.05, 4.69) is 25.7 Å². The van der Waals surface area contributed by atoms with Crippen molar-refractivity contribution in [3.63, 3.8) is 0 Å². The second-order valence-corrected chi connectivity index (χ2v) is 5.72. The molecule has 0 aliphatic rings. The van der Waals surface area contributed by atoms with Gasteiger partial charge in [-0.1, -0.05) is 17.2 Å². The molecule has 0 bridgehead atoms. The summed E-state index contributed by atoms with van der Waals surface area (Å²) >= 11 is 0. The van der Waals surface area contributed by atoms with E-state index in [1.807, 2.05) is 0 Å². The SMILES string of the molecule is Fc1c(-c2nnc(NCc3cccc(C(F)(F)F)c3)o2)ccc2[nH]ncc12. The van der Waals surface area contributed by atoms with E-state index in [0.29, 0.717) is 11.1 Å². The summed E-state index contributed by atoms with van der Waals surface area (Å²) in [6.07, 6.45) is -3.08. The van der Waals surface area contributed by atoms with Crippen LogP contribution in [0.25, 0.3) is 22.4 Å². The minimum Gasteiger partial charge on any atom is -0.403 e. The molecule has 0 amide bonds. The van der Waals surface area contributed by atoms with Gasteiger partial charge < -0.3 is 9.73 Å². The molecule has 0 saturated carbocycles. The number of aromatic amines is 1. The van der Waals surface area contributed by atoms with Gasteiger partial charge >= 0.3 is 12.2 Å². The topological polar surface area (TPSA) is 79.6 Å². The molecule has 2 N–H and O–H groups in total. The number of alkyl halides is 3. The highest BCUT2D eigenvalue weighted by atomic mass is 19.4. The van der Waals surface area contributed by atoms with Crippen LogP contribution in [0.4, 0.5) is 23.6 Å². The van der Waals surface area contributed by atoms with Crippen LogP contribution in [0.2, 0.25) is 0 Å². The molecule has 0 spiro atoms. The molecule has 0 aliphatic heterocycles. The maximum Gasteiger partial charge on any atom is 0.416 e. The van der Waals surface area contributed by atoms with Crippen LogP contribution in [0, 0.1) is 5.82 Å². The van der Waals surface area contributed by atoms with Crippen LogP contribution < -0.4 is 5.32 Å². The average Bonchev–Trinajstić information content (AvgIpc) is 3.29. The zero-order valence-corrected chi connectivity index (χ0v) is 13.5. The van der Waals surface area contributed by atoms with Gasteiger partial charge in [-0.25, -0.2) is 4.39 Å². The Morgan fingerprint density at radius 2 is 1.96 bits per heavy atom. The van der Waals surface area contributed by atoms with Crippen LogP contribution >= 0.6 is 0 Å². The van der Waals surface area contributed by atoms with Gasteiger partial charge in [0.1, 0.15) is 5.82 Å². The van der Waals surface area contributed by atoms with E-state index in [1.165, 1.54) is 24.4 Å². The summed E-state index contributed by atoms with van der Waals surface area (Å²) in [5.74, 6) is -0.614. The Kier molecular flexibility index (Phi) is 4.02. The number of hydrogen-bond acceptors (Lipinski definition) is 5. The number of nitrogens with one attached hydrogen (secondary N) is 2. The van der Waals surface area contributed by atoms with Crippen molar-refractivity contribution in [2.75, 3.05) is 5.32 Å². The summed E-state index contributed by atoms with van der Waals surface area (Å²) in [6, 6.07) is 7.93. The Hall–Kier alpha value is -3.43. The van der Waals surface area contributed by atoms with Crippen molar-refractivity contribution in [1.29, 1.82) is 0 Å². The molecule has 2 heterocycles. The van der Waals surface area contributed by atoms with Gasteiger partial charge in [-0.15, -0.1) is 5.10 Å². The Bertz CT molecular complexity index is 1100.